The number of nitrogens with zero attached hydrogens (tertiary/aromatic N) is 4. The minimum Gasteiger partial charge on any atom is -0.383 e. The van der Waals surface area contributed by atoms with Gasteiger partial charge in [-0.15, -0.1) is 0 Å². The molecule has 1 unspecified atom stereocenters. The van der Waals surface area contributed by atoms with Crippen LogP contribution in [0, 0.1) is 5.82 Å². The van der Waals surface area contributed by atoms with Gasteiger partial charge in [0.15, 0.2) is 0 Å². The second-order valence-electron chi connectivity index (χ2n) is 7.56. The van der Waals surface area contributed by atoms with Crippen molar-refractivity contribution in [1.82, 2.24) is 19.2 Å². The zero-order valence-corrected chi connectivity index (χ0v) is 16.0. The molecule has 1 saturated carbocycles. The summed E-state index contributed by atoms with van der Waals surface area (Å²) >= 11 is 0. The van der Waals surface area contributed by atoms with Crippen molar-refractivity contribution in [3.05, 3.63) is 52.0 Å². The van der Waals surface area contributed by atoms with Gasteiger partial charge in [0, 0.05) is 37.7 Å². The van der Waals surface area contributed by atoms with E-state index in [0.717, 1.165) is 31.5 Å². The molecular weight excluding hydrogens is 363 g/mol. The second-order valence-corrected chi connectivity index (χ2v) is 7.56. The van der Waals surface area contributed by atoms with Crippen LogP contribution in [0.25, 0.3) is 0 Å². The molecule has 2 fully saturated rings. The van der Waals surface area contributed by atoms with Crippen LogP contribution < -0.4 is 5.69 Å². The molecule has 2 heterocycles. The summed E-state index contributed by atoms with van der Waals surface area (Å²) in [5.41, 5.74) is 0.392. The summed E-state index contributed by atoms with van der Waals surface area (Å²) in [5.74, 6) is 0.336. The Bertz CT molecular complexity index is 901. The number of halogens is 1. The maximum absolute atomic E-state index is 13.2. The molecule has 8 heteroatoms. The number of aromatic nitrogens is 3. The van der Waals surface area contributed by atoms with Crippen LogP contribution in [0.4, 0.5) is 4.39 Å². The predicted molar refractivity (Wildman–Crippen MR) is 101 cm³/mol. The van der Waals surface area contributed by atoms with Crippen LogP contribution in [-0.4, -0.2) is 52.0 Å². The summed E-state index contributed by atoms with van der Waals surface area (Å²) < 4.78 is 21.6. The summed E-state index contributed by atoms with van der Waals surface area (Å²) in [4.78, 5) is 27.4. The molecule has 0 spiro atoms. The first kappa shape index (κ1) is 18.9. The van der Waals surface area contributed by atoms with Crippen molar-refractivity contribution in [2.45, 2.75) is 44.2 Å². The van der Waals surface area contributed by atoms with E-state index >= 15 is 0 Å². The largest absolute Gasteiger partial charge is 0.383 e. The van der Waals surface area contributed by atoms with E-state index < -0.39 is 0 Å². The van der Waals surface area contributed by atoms with E-state index in [1.807, 2.05) is 4.57 Å². The number of benzene rings is 1. The number of rotatable bonds is 6. The van der Waals surface area contributed by atoms with E-state index in [1.54, 1.807) is 12.0 Å². The molecule has 2 aliphatic rings. The van der Waals surface area contributed by atoms with Crippen molar-refractivity contribution in [2.75, 3.05) is 26.8 Å². The van der Waals surface area contributed by atoms with Gasteiger partial charge in [-0.2, -0.15) is 5.10 Å². The second kappa shape index (κ2) is 7.87. The number of hydrogen-bond donors (Lipinski definition) is 0. The average Bonchev–Trinajstić information content (AvgIpc) is 3.50. The predicted octanol–water partition coefficient (Wildman–Crippen LogP) is 2.18. The van der Waals surface area contributed by atoms with Gasteiger partial charge in [0.25, 0.3) is 5.91 Å². The van der Waals surface area contributed by atoms with Gasteiger partial charge < -0.3 is 9.64 Å². The SMILES string of the molecule is COCCn1nc(C2CCCN(C(=O)c3ccc(F)cc3)C2)n(C2CC2)c1=O. The fourth-order valence-corrected chi connectivity index (χ4v) is 3.86. The van der Waals surface area contributed by atoms with Gasteiger partial charge in [-0.05, 0) is 49.9 Å². The Hall–Kier alpha value is -2.48. The van der Waals surface area contributed by atoms with Crippen LogP contribution in [-0.2, 0) is 11.3 Å². The Balaban J connectivity index is 1.56. The zero-order chi connectivity index (χ0) is 19.7. The van der Waals surface area contributed by atoms with E-state index in [0.29, 0.717) is 31.8 Å². The van der Waals surface area contributed by atoms with Crippen molar-refractivity contribution >= 4 is 5.91 Å². The molecule has 1 aliphatic heterocycles. The quantitative estimate of drug-likeness (QED) is 0.761. The molecule has 1 aromatic heterocycles. The van der Waals surface area contributed by atoms with E-state index in [2.05, 4.69) is 5.10 Å². The highest BCUT2D eigenvalue weighted by Gasteiger charge is 2.35. The van der Waals surface area contributed by atoms with E-state index in [-0.39, 0.29) is 29.4 Å². The Morgan fingerprint density at radius 3 is 2.68 bits per heavy atom. The fraction of sp³-hybridized carbons (Fsp3) is 0.550. The number of methoxy groups -OCH3 is 1. The molecule has 0 N–H and O–H groups in total. The molecule has 0 radical (unpaired) electrons. The lowest BCUT2D eigenvalue weighted by atomic mass is 9.96. The summed E-state index contributed by atoms with van der Waals surface area (Å²) in [5, 5.41) is 4.61. The number of carbonyl (C=O) groups is 1. The average molecular weight is 388 g/mol. The summed E-state index contributed by atoms with van der Waals surface area (Å²) in [7, 11) is 1.60. The molecule has 0 bridgehead atoms. The van der Waals surface area contributed by atoms with Gasteiger partial charge in [0.05, 0.1) is 13.2 Å². The minimum atomic E-state index is -0.358. The van der Waals surface area contributed by atoms with Crippen LogP contribution >= 0.6 is 0 Å². The Labute approximate surface area is 162 Å². The third-order valence-electron chi connectivity index (χ3n) is 5.48. The molecular formula is C20H25FN4O3. The normalized spacial score (nSPS) is 19.8. The topological polar surface area (TPSA) is 69.4 Å². The molecule has 28 heavy (non-hydrogen) atoms. The van der Waals surface area contributed by atoms with Crippen LogP contribution in [0.1, 0.15) is 53.8 Å². The number of amides is 1. The number of carbonyl (C=O) groups excluding carboxylic acids is 1. The van der Waals surface area contributed by atoms with Gasteiger partial charge in [-0.1, -0.05) is 0 Å². The molecule has 1 amide bonds. The van der Waals surface area contributed by atoms with Gasteiger partial charge in [-0.3, -0.25) is 9.36 Å². The van der Waals surface area contributed by atoms with E-state index in [9.17, 15) is 14.0 Å². The third-order valence-corrected chi connectivity index (χ3v) is 5.48. The zero-order valence-electron chi connectivity index (χ0n) is 16.0. The molecule has 4 rings (SSSR count). The minimum absolute atomic E-state index is 0.0234. The van der Waals surface area contributed by atoms with Gasteiger partial charge in [0.2, 0.25) is 0 Å². The molecule has 150 valence electrons. The van der Waals surface area contributed by atoms with Gasteiger partial charge >= 0.3 is 5.69 Å². The van der Waals surface area contributed by atoms with Crippen LogP contribution in [0.5, 0.6) is 0 Å². The highest BCUT2D eigenvalue weighted by Crippen LogP contribution is 2.37. The first-order valence-electron chi connectivity index (χ1n) is 9.81. The Kier molecular flexibility index (Phi) is 5.30. The van der Waals surface area contributed by atoms with Gasteiger partial charge in [-0.25, -0.2) is 13.9 Å². The van der Waals surface area contributed by atoms with Crippen molar-refractivity contribution in [3.8, 4) is 0 Å². The molecule has 7 nitrogen and oxygen atoms in total. The summed E-state index contributed by atoms with van der Waals surface area (Å²) in [6.45, 7) is 2.03. The summed E-state index contributed by atoms with van der Waals surface area (Å²) in [6.07, 6.45) is 3.73. The van der Waals surface area contributed by atoms with E-state index in [4.69, 9.17) is 4.74 Å². The molecule has 1 saturated heterocycles. The maximum atomic E-state index is 13.2. The molecule has 2 aromatic rings. The first-order chi connectivity index (χ1) is 13.6. The lowest BCUT2D eigenvalue weighted by Crippen LogP contribution is -2.40. The van der Waals surface area contributed by atoms with Crippen molar-refractivity contribution in [3.63, 3.8) is 0 Å². The number of likely N-dealkylation sites (tertiary alicyclic amines) is 1. The van der Waals surface area contributed by atoms with Crippen molar-refractivity contribution in [2.24, 2.45) is 0 Å². The lowest BCUT2D eigenvalue weighted by molar-refractivity contribution is 0.0703. The molecule has 1 aromatic carbocycles. The van der Waals surface area contributed by atoms with Crippen molar-refractivity contribution in [1.29, 1.82) is 0 Å². The molecule has 1 atom stereocenters. The Morgan fingerprint density at radius 1 is 1.25 bits per heavy atom. The molecule has 1 aliphatic carbocycles. The van der Waals surface area contributed by atoms with Crippen LogP contribution in [0.15, 0.2) is 29.1 Å². The van der Waals surface area contributed by atoms with E-state index in [1.165, 1.54) is 28.9 Å². The number of piperidine rings is 1. The standard InChI is InChI=1S/C20H25FN4O3/c1-28-12-11-24-20(27)25(17-8-9-17)18(22-24)15-3-2-10-23(13-15)19(26)14-4-6-16(21)7-5-14/h4-7,15,17H,2-3,8-13H2,1H3. The third kappa shape index (κ3) is 3.73. The highest BCUT2D eigenvalue weighted by atomic mass is 19.1. The van der Waals surface area contributed by atoms with Crippen molar-refractivity contribution < 1.29 is 13.9 Å². The monoisotopic (exact) mass is 388 g/mol. The maximum Gasteiger partial charge on any atom is 0.346 e. The number of ether oxygens (including phenoxy) is 1. The Morgan fingerprint density at radius 2 is 2.00 bits per heavy atom. The number of hydrogen-bond acceptors (Lipinski definition) is 4. The van der Waals surface area contributed by atoms with Gasteiger partial charge in [0.1, 0.15) is 11.6 Å². The first-order valence-corrected chi connectivity index (χ1v) is 9.81. The smallest absolute Gasteiger partial charge is 0.346 e. The van der Waals surface area contributed by atoms with Crippen LogP contribution in [0.2, 0.25) is 0 Å². The lowest BCUT2D eigenvalue weighted by Gasteiger charge is -2.32. The summed E-state index contributed by atoms with van der Waals surface area (Å²) in [6, 6.07) is 5.86. The fourth-order valence-electron chi connectivity index (χ4n) is 3.86. The van der Waals surface area contributed by atoms with Crippen LogP contribution in [0.3, 0.4) is 0 Å². The highest BCUT2D eigenvalue weighted by molar-refractivity contribution is 5.94.